The molecule has 3 aromatic rings. The maximum absolute atomic E-state index is 6.24. The van der Waals surface area contributed by atoms with Crippen molar-refractivity contribution in [1.29, 1.82) is 0 Å². The molecule has 0 atom stereocenters. The first-order chi connectivity index (χ1) is 10.2. The topological polar surface area (TPSA) is 38.9 Å². The summed E-state index contributed by atoms with van der Waals surface area (Å²) in [5, 5.41) is 4.01. The van der Waals surface area contributed by atoms with Crippen molar-refractivity contribution in [2.75, 3.05) is 0 Å². The highest BCUT2D eigenvalue weighted by atomic mass is 35.5. The van der Waals surface area contributed by atoms with Gasteiger partial charge >= 0.3 is 0 Å². The predicted octanol–water partition coefficient (Wildman–Crippen LogP) is 5.24. The molecule has 0 radical (unpaired) electrons. The Labute approximate surface area is 137 Å². The van der Waals surface area contributed by atoms with Gasteiger partial charge in [0.25, 0.3) is 0 Å². The quantitative estimate of drug-likeness (QED) is 0.711. The smallest absolute Gasteiger partial charge is 0.124 e. The second-order valence-corrected chi connectivity index (χ2v) is 6.18. The molecular weight excluding hydrogens is 323 g/mol. The Kier molecular flexibility index (Phi) is 4.27. The number of nitrogens with two attached hydrogens (primary N) is 1. The van der Waals surface area contributed by atoms with E-state index >= 15 is 0 Å². The van der Waals surface area contributed by atoms with E-state index in [0.29, 0.717) is 16.6 Å². The van der Waals surface area contributed by atoms with Crippen molar-refractivity contribution in [2.45, 2.75) is 6.54 Å². The summed E-state index contributed by atoms with van der Waals surface area (Å²) in [5.41, 5.74) is 9.48. The monoisotopic (exact) mass is 334 g/mol. The van der Waals surface area contributed by atoms with E-state index in [2.05, 4.69) is 4.98 Å². The largest absolute Gasteiger partial charge is 0.326 e. The van der Waals surface area contributed by atoms with E-state index in [1.54, 1.807) is 17.4 Å². The number of aromatic nitrogens is 1. The van der Waals surface area contributed by atoms with Crippen LogP contribution in [0.1, 0.15) is 5.56 Å². The third-order valence-corrected chi connectivity index (χ3v) is 4.88. The third kappa shape index (κ3) is 2.97. The van der Waals surface area contributed by atoms with Crippen LogP contribution in [0.25, 0.3) is 21.8 Å². The lowest BCUT2D eigenvalue weighted by Crippen LogP contribution is -1.95. The highest BCUT2D eigenvalue weighted by molar-refractivity contribution is 7.13. The van der Waals surface area contributed by atoms with Gasteiger partial charge in [-0.05, 0) is 11.6 Å². The molecule has 2 nitrogen and oxygen atoms in total. The molecule has 0 unspecified atom stereocenters. The van der Waals surface area contributed by atoms with Crippen molar-refractivity contribution < 1.29 is 0 Å². The minimum Gasteiger partial charge on any atom is -0.326 e. The van der Waals surface area contributed by atoms with Gasteiger partial charge in [0.15, 0.2) is 0 Å². The predicted molar refractivity (Wildman–Crippen MR) is 90.9 cm³/mol. The fourth-order valence-corrected chi connectivity index (χ4v) is 3.24. The number of halogens is 2. The van der Waals surface area contributed by atoms with Gasteiger partial charge in [-0.2, -0.15) is 0 Å². The van der Waals surface area contributed by atoms with Gasteiger partial charge in [0.05, 0.1) is 15.7 Å². The van der Waals surface area contributed by atoms with Gasteiger partial charge in [0, 0.05) is 23.1 Å². The molecule has 0 fully saturated rings. The summed E-state index contributed by atoms with van der Waals surface area (Å²) < 4.78 is 0. The third-order valence-electron chi connectivity index (χ3n) is 3.17. The molecule has 1 heterocycles. The summed E-state index contributed by atoms with van der Waals surface area (Å²) in [6, 6.07) is 13.7. The van der Waals surface area contributed by atoms with E-state index < -0.39 is 0 Å². The molecule has 21 heavy (non-hydrogen) atoms. The SMILES string of the molecule is NCc1ccc(-c2nc(-c3cccc(Cl)c3Cl)cs2)cc1. The van der Waals surface area contributed by atoms with Crippen LogP contribution in [0.4, 0.5) is 0 Å². The molecular formula is C16H12Cl2N2S. The molecule has 2 N–H and O–H groups in total. The number of nitrogens with zero attached hydrogens (tertiary/aromatic N) is 1. The summed E-state index contributed by atoms with van der Waals surface area (Å²) in [5.74, 6) is 0. The highest BCUT2D eigenvalue weighted by Gasteiger charge is 2.11. The lowest BCUT2D eigenvalue weighted by atomic mass is 10.1. The maximum atomic E-state index is 6.24. The molecule has 0 bridgehead atoms. The second-order valence-electron chi connectivity index (χ2n) is 4.54. The van der Waals surface area contributed by atoms with Crippen LogP contribution in [-0.2, 0) is 6.54 Å². The fourth-order valence-electron chi connectivity index (χ4n) is 2.02. The maximum Gasteiger partial charge on any atom is 0.124 e. The van der Waals surface area contributed by atoms with Crippen LogP contribution in [0, 0.1) is 0 Å². The summed E-state index contributed by atoms with van der Waals surface area (Å²) in [7, 11) is 0. The van der Waals surface area contributed by atoms with E-state index in [9.17, 15) is 0 Å². The summed E-state index contributed by atoms with van der Waals surface area (Å²) in [6.07, 6.45) is 0. The highest BCUT2D eigenvalue weighted by Crippen LogP contribution is 2.35. The van der Waals surface area contributed by atoms with Crippen LogP contribution in [0.15, 0.2) is 47.8 Å². The average molecular weight is 335 g/mol. The average Bonchev–Trinajstić information content (AvgIpc) is 3.00. The Morgan fingerprint density at radius 1 is 1.05 bits per heavy atom. The van der Waals surface area contributed by atoms with Crippen molar-refractivity contribution in [2.24, 2.45) is 5.73 Å². The van der Waals surface area contributed by atoms with Crippen LogP contribution < -0.4 is 5.73 Å². The van der Waals surface area contributed by atoms with E-state index in [-0.39, 0.29) is 0 Å². The number of hydrogen-bond acceptors (Lipinski definition) is 3. The summed E-state index contributed by atoms with van der Waals surface area (Å²) in [6.45, 7) is 0.543. The van der Waals surface area contributed by atoms with E-state index in [1.807, 2.05) is 41.8 Å². The van der Waals surface area contributed by atoms with E-state index in [4.69, 9.17) is 28.9 Å². The minimum absolute atomic E-state index is 0.537. The summed E-state index contributed by atoms with van der Waals surface area (Å²) in [4.78, 5) is 4.65. The molecule has 0 saturated carbocycles. The standard InChI is InChI=1S/C16H12Cl2N2S/c17-13-3-1-2-12(15(13)18)14-9-21-16(20-14)11-6-4-10(8-19)5-7-11/h1-7,9H,8,19H2. The zero-order chi connectivity index (χ0) is 14.8. The Hall–Kier alpha value is -1.39. The van der Waals surface area contributed by atoms with E-state index in [1.165, 1.54) is 0 Å². The van der Waals surface area contributed by atoms with E-state index in [0.717, 1.165) is 27.4 Å². The molecule has 0 amide bonds. The Bertz CT molecular complexity index is 766. The fraction of sp³-hybridized carbons (Fsp3) is 0.0625. The lowest BCUT2D eigenvalue weighted by molar-refractivity contribution is 1.07. The molecule has 0 spiro atoms. The molecule has 0 aliphatic heterocycles. The normalized spacial score (nSPS) is 10.8. The first-order valence-corrected chi connectivity index (χ1v) is 8.02. The van der Waals surface area contributed by atoms with Crippen molar-refractivity contribution in [3.63, 3.8) is 0 Å². The number of thiazole rings is 1. The molecule has 1 aromatic heterocycles. The minimum atomic E-state index is 0.537. The molecule has 106 valence electrons. The molecule has 0 aliphatic rings. The van der Waals surface area contributed by atoms with Crippen molar-refractivity contribution >= 4 is 34.5 Å². The lowest BCUT2D eigenvalue weighted by Gasteiger charge is -2.02. The van der Waals surface area contributed by atoms with Crippen molar-refractivity contribution in [3.05, 3.63) is 63.5 Å². The molecule has 3 rings (SSSR count). The number of benzene rings is 2. The molecule has 2 aromatic carbocycles. The van der Waals surface area contributed by atoms with Gasteiger partial charge in [-0.1, -0.05) is 59.6 Å². The van der Waals surface area contributed by atoms with Crippen molar-refractivity contribution in [1.82, 2.24) is 4.98 Å². The zero-order valence-electron chi connectivity index (χ0n) is 11.0. The van der Waals surface area contributed by atoms with Crippen LogP contribution in [-0.4, -0.2) is 4.98 Å². The van der Waals surface area contributed by atoms with Gasteiger partial charge < -0.3 is 5.73 Å². The van der Waals surface area contributed by atoms with Crippen LogP contribution in [0.5, 0.6) is 0 Å². The van der Waals surface area contributed by atoms with Crippen molar-refractivity contribution in [3.8, 4) is 21.8 Å². The molecule has 0 aliphatic carbocycles. The van der Waals surface area contributed by atoms with Gasteiger partial charge in [-0.15, -0.1) is 11.3 Å². The molecule has 0 saturated heterocycles. The van der Waals surface area contributed by atoms with Gasteiger partial charge in [-0.25, -0.2) is 4.98 Å². The van der Waals surface area contributed by atoms with Crippen LogP contribution in [0.3, 0.4) is 0 Å². The van der Waals surface area contributed by atoms with Crippen LogP contribution >= 0.6 is 34.5 Å². The van der Waals surface area contributed by atoms with Crippen LogP contribution in [0.2, 0.25) is 10.0 Å². The van der Waals surface area contributed by atoms with Gasteiger partial charge in [-0.3, -0.25) is 0 Å². The summed E-state index contributed by atoms with van der Waals surface area (Å²) >= 11 is 13.9. The first-order valence-electron chi connectivity index (χ1n) is 6.38. The number of hydrogen-bond donors (Lipinski definition) is 1. The molecule has 5 heteroatoms. The van der Waals surface area contributed by atoms with Gasteiger partial charge in [0.2, 0.25) is 0 Å². The Morgan fingerprint density at radius 3 is 2.52 bits per heavy atom. The second kappa shape index (κ2) is 6.16. The van der Waals surface area contributed by atoms with Gasteiger partial charge in [0.1, 0.15) is 5.01 Å². The Balaban J connectivity index is 1.97. The number of rotatable bonds is 3. The Morgan fingerprint density at radius 2 is 1.81 bits per heavy atom. The zero-order valence-corrected chi connectivity index (χ0v) is 13.3. The first kappa shape index (κ1) is 14.5.